The molecule has 2 aromatic carbocycles. The topological polar surface area (TPSA) is 55.6 Å². The Balaban J connectivity index is 1.91. The second-order valence-electron chi connectivity index (χ2n) is 5.10. The van der Waals surface area contributed by atoms with Crippen LogP contribution in [0.3, 0.4) is 0 Å². The highest BCUT2D eigenvalue weighted by atomic mass is 16.5. The zero-order valence-electron chi connectivity index (χ0n) is 11.4. The molecule has 0 atom stereocenters. The lowest BCUT2D eigenvalue weighted by Gasteiger charge is -2.25. The van der Waals surface area contributed by atoms with Crippen LogP contribution in [-0.4, -0.2) is 31.3 Å². The van der Waals surface area contributed by atoms with E-state index < -0.39 is 0 Å². The van der Waals surface area contributed by atoms with Crippen molar-refractivity contribution in [3.05, 3.63) is 46.8 Å². The second kappa shape index (κ2) is 4.86. The van der Waals surface area contributed by atoms with Gasteiger partial charge in [0.15, 0.2) is 0 Å². The maximum atomic E-state index is 12.3. The van der Waals surface area contributed by atoms with Gasteiger partial charge in [0.1, 0.15) is 5.58 Å². The lowest BCUT2D eigenvalue weighted by Crippen LogP contribution is -2.37. The van der Waals surface area contributed by atoms with Crippen LogP contribution in [0.1, 0.15) is 0 Å². The third-order valence-electron chi connectivity index (χ3n) is 3.76. The Morgan fingerprint density at radius 2 is 1.76 bits per heavy atom. The van der Waals surface area contributed by atoms with E-state index in [1.54, 1.807) is 0 Å². The van der Waals surface area contributed by atoms with Gasteiger partial charge < -0.3 is 14.1 Å². The monoisotopic (exact) mass is 282 g/mol. The van der Waals surface area contributed by atoms with Crippen molar-refractivity contribution in [1.82, 2.24) is 4.98 Å². The maximum Gasteiger partial charge on any atom is 0.301 e. The molecule has 0 amide bonds. The number of ether oxygens (including phenoxy) is 1. The summed E-state index contributed by atoms with van der Waals surface area (Å²) in [6, 6.07) is 12.0. The van der Waals surface area contributed by atoms with Gasteiger partial charge in [-0.15, -0.1) is 0 Å². The molecule has 3 aromatic rings. The van der Waals surface area contributed by atoms with E-state index in [9.17, 15) is 4.79 Å². The summed E-state index contributed by atoms with van der Waals surface area (Å²) >= 11 is 0. The molecule has 0 unspecified atom stereocenters. The smallest absolute Gasteiger partial charge is 0.301 e. The van der Waals surface area contributed by atoms with Crippen LogP contribution < -0.4 is 10.5 Å². The number of aromatic nitrogens is 1. The summed E-state index contributed by atoms with van der Waals surface area (Å²) in [5.74, 6) is 0. The zero-order chi connectivity index (χ0) is 14.2. The highest BCUT2D eigenvalue weighted by molar-refractivity contribution is 5.95. The molecule has 0 saturated carbocycles. The van der Waals surface area contributed by atoms with Gasteiger partial charge in [-0.3, -0.25) is 4.79 Å². The summed E-state index contributed by atoms with van der Waals surface area (Å²) in [7, 11) is 0. The van der Waals surface area contributed by atoms with Crippen LogP contribution in [0.5, 0.6) is 0 Å². The van der Waals surface area contributed by atoms with Gasteiger partial charge in [0.2, 0.25) is 0 Å². The van der Waals surface area contributed by atoms with Gasteiger partial charge in [-0.25, -0.2) is 0 Å². The minimum absolute atomic E-state index is 0.247. The summed E-state index contributed by atoms with van der Waals surface area (Å²) in [6.45, 7) is 2.63. The van der Waals surface area contributed by atoms with Crippen LogP contribution in [0.2, 0.25) is 0 Å². The Labute approximate surface area is 120 Å². The molecule has 0 spiro atoms. The quantitative estimate of drug-likeness (QED) is 0.640. The minimum atomic E-state index is -0.247. The van der Waals surface area contributed by atoms with Gasteiger partial charge in [-0.2, -0.15) is 4.98 Å². The Morgan fingerprint density at radius 3 is 2.52 bits per heavy atom. The molecule has 1 saturated heterocycles. The highest BCUT2D eigenvalue weighted by Crippen LogP contribution is 2.23. The number of fused-ring (bicyclic) bond motifs is 2. The van der Waals surface area contributed by atoms with E-state index in [2.05, 4.69) is 4.98 Å². The molecule has 21 heavy (non-hydrogen) atoms. The van der Waals surface area contributed by atoms with Gasteiger partial charge >= 0.3 is 6.01 Å². The standard InChI is InChI=1S/C16H14N2O3/c19-15-13-9-11-3-1-2-4-12(11)10-14(13)21-16(17-15)18-5-7-20-8-6-18/h1-4,9-10H,5-8H2. The molecule has 0 N–H and O–H groups in total. The molecule has 5 nitrogen and oxygen atoms in total. The van der Waals surface area contributed by atoms with E-state index in [4.69, 9.17) is 9.15 Å². The van der Waals surface area contributed by atoms with Gasteiger partial charge in [0.25, 0.3) is 5.56 Å². The molecule has 1 aromatic heterocycles. The fraction of sp³-hybridized carbons (Fsp3) is 0.250. The Kier molecular flexibility index (Phi) is 2.86. The van der Waals surface area contributed by atoms with E-state index in [1.165, 1.54) is 0 Å². The Bertz CT molecular complexity index is 866. The van der Waals surface area contributed by atoms with Crippen molar-refractivity contribution in [1.29, 1.82) is 0 Å². The molecule has 1 aliphatic rings. The first-order chi connectivity index (χ1) is 10.3. The van der Waals surface area contributed by atoms with Crippen molar-refractivity contribution in [2.75, 3.05) is 31.2 Å². The molecule has 2 heterocycles. The van der Waals surface area contributed by atoms with Gasteiger partial charge in [0, 0.05) is 13.1 Å². The third-order valence-corrected chi connectivity index (χ3v) is 3.76. The molecule has 0 aliphatic carbocycles. The van der Waals surface area contributed by atoms with Crippen molar-refractivity contribution in [3.63, 3.8) is 0 Å². The van der Waals surface area contributed by atoms with Crippen molar-refractivity contribution < 1.29 is 9.15 Å². The lowest BCUT2D eigenvalue weighted by atomic mass is 10.1. The van der Waals surface area contributed by atoms with E-state index in [0.717, 1.165) is 10.8 Å². The highest BCUT2D eigenvalue weighted by Gasteiger charge is 2.17. The van der Waals surface area contributed by atoms with E-state index in [-0.39, 0.29) is 5.56 Å². The average molecular weight is 282 g/mol. The molecule has 1 fully saturated rings. The number of benzene rings is 2. The first kappa shape index (κ1) is 12.3. The molecule has 106 valence electrons. The predicted octanol–water partition coefficient (Wildman–Crippen LogP) is 2.18. The molecule has 0 radical (unpaired) electrons. The number of morpholine rings is 1. The van der Waals surface area contributed by atoms with Gasteiger partial charge in [-0.1, -0.05) is 24.3 Å². The maximum absolute atomic E-state index is 12.3. The summed E-state index contributed by atoms with van der Waals surface area (Å²) < 4.78 is 11.2. The van der Waals surface area contributed by atoms with Gasteiger partial charge in [0.05, 0.1) is 18.6 Å². The SMILES string of the molecule is O=c1nc(N2CCOCC2)oc2cc3ccccc3cc12. The van der Waals surface area contributed by atoms with Crippen LogP contribution in [0.25, 0.3) is 21.7 Å². The third kappa shape index (κ3) is 2.15. The molecule has 4 rings (SSSR count). The minimum Gasteiger partial charge on any atom is -0.425 e. The molecule has 1 aliphatic heterocycles. The summed E-state index contributed by atoms with van der Waals surface area (Å²) in [5.41, 5.74) is 0.332. The van der Waals surface area contributed by atoms with Gasteiger partial charge in [-0.05, 0) is 22.9 Å². The number of anilines is 1. The van der Waals surface area contributed by atoms with Crippen LogP contribution >= 0.6 is 0 Å². The molecule has 0 bridgehead atoms. The Hall–Kier alpha value is -2.40. The predicted molar refractivity (Wildman–Crippen MR) is 80.8 cm³/mol. The first-order valence-electron chi connectivity index (χ1n) is 6.98. The molecular formula is C16H14N2O3. The zero-order valence-corrected chi connectivity index (χ0v) is 11.4. The number of hydrogen-bond donors (Lipinski definition) is 0. The average Bonchev–Trinajstić information content (AvgIpc) is 2.54. The number of rotatable bonds is 1. The normalized spacial score (nSPS) is 15.7. The van der Waals surface area contributed by atoms with Crippen LogP contribution in [0, 0.1) is 0 Å². The second-order valence-corrected chi connectivity index (χ2v) is 5.10. The largest absolute Gasteiger partial charge is 0.425 e. The van der Waals surface area contributed by atoms with Crippen molar-refractivity contribution in [2.45, 2.75) is 0 Å². The summed E-state index contributed by atoms with van der Waals surface area (Å²) in [4.78, 5) is 18.3. The van der Waals surface area contributed by atoms with Crippen molar-refractivity contribution >= 4 is 27.8 Å². The first-order valence-corrected chi connectivity index (χ1v) is 6.98. The van der Waals surface area contributed by atoms with Crippen molar-refractivity contribution in [2.24, 2.45) is 0 Å². The molecular weight excluding hydrogens is 268 g/mol. The van der Waals surface area contributed by atoms with Crippen LogP contribution in [0.15, 0.2) is 45.6 Å². The fourth-order valence-corrected chi connectivity index (χ4v) is 2.63. The van der Waals surface area contributed by atoms with Crippen LogP contribution in [-0.2, 0) is 4.74 Å². The Morgan fingerprint density at radius 1 is 1.05 bits per heavy atom. The van der Waals surface area contributed by atoms with E-state index in [1.807, 2.05) is 41.3 Å². The molecule has 5 heteroatoms. The fourth-order valence-electron chi connectivity index (χ4n) is 2.63. The lowest BCUT2D eigenvalue weighted by molar-refractivity contribution is 0.120. The van der Waals surface area contributed by atoms with Crippen molar-refractivity contribution in [3.8, 4) is 0 Å². The van der Waals surface area contributed by atoms with E-state index in [0.29, 0.717) is 43.3 Å². The summed E-state index contributed by atoms with van der Waals surface area (Å²) in [5, 5.41) is 2.58. The summed E-state index contributed by atoms with van der Waals surface area (Å²) in [6.07, 6.45) is 0. The van der Waals surface area contributed by atoms with E-state index >= 15 is 0 Å². The van der Waals surface area contributed by atoms with Crippen LogP contribution in [0.4, 0.5) is 6.01 Å². The number of nitrogens with zero attached hydrogens (tertiary/aromatic N) is 2. The number of hydrogen-bond acceptors (Lipinski definition) is 5.